The number of hydrogen-bond acceptors (Lipinski definition) is 4. The molecule has 0 spiro atoms. The number of fused-ring (bicyclic) bond motifs is 1. The predicted molar refractivity (Wildman–Crippen MR) is 90.1 cm³/mol. The fourth-order valence-corrected chi connectivity index (χ4v) is 2.24. The van der Waals surface area contributed by atoms with E-state index in [1.54, 1.807) is 18.2 Å². The summed E-state index contributed by atoms with van der Waals surface area (Å²) in [5.74, 6) is -2.34. The topological polar surface area (TPSA) is 108 Å². The second-order valence-electron chi connectivity index (χ2n) is 5.18. The number of nitrogens with zero attached hydrogens (tertiary/aromatic N) is 1. The Bertz CT molecular complexity index is 985. The molecular formula is C18H13N3O4. The van der Waals surface area contributed by atoms with E-state index >= 15 is 0 Å². The van der Waals surface area contributed by atoms with E-state index in [9.17, 15) is 14.4 Å². The number of carboxylic acids is 1. The Morgan fingerprint density at radius 1 is 0.800 bits per heavy atom. The molecule has 0 unspecified atom stereocenters. The molecule has 3 aromatic rings. The van der Waals surface area contributed by atoms with E-state index in [0.717, 1.165) is 5.39 Å². The summed E-state index contributed by atoms with van der Waals surface area (Å²) in [7, 11) is 0. The average molecular weight is 335 g/mol. The predicted octanol–water partition coefficient (Wildman–Crippen LogP) is 2.01. The maximum Gasteiger partial charge on any atom is 0.335 e. The van der Waals surface area contributed by atoms with Crippen molar-refractivity contribution in [3.05, 3.63) is 77.5 Å². The number of benzene rings is 2. The average Bonchev–Trinajstić information content (AvgIpc) is 2.65. The molecule has 7 nitrogen and oxygen atoms in total. The van der Waals surface area contributed by atoms with E-state index in [4.69, 9.17) is 5.11 Å². The van der Waals surface area contributed by atoms with Crippen molar-refractivity contribution in [2.75, 3.05) is 0 Å². The minimum Gasteiger partial charge on any atom is -0.478 e. The minimum absolute atomic E-state index is 0.0184. The number of nitrogens with one attached hydrogen (secondary N) is 2. The van der Waals surface area contributed by atoms with Crippen LogP contribution in [0.4, 0.5) is 0 Å². The van der Waals surface area contributed by atoms with Crippen LogP contribution in [-0.2, 0) is 0 Å². The van der Waals surface area contributed by atoms with E-state index in [0.29, 0.717) is 5.52 Å². The van der Waals surface area contributed by atoms with E-state index in [2.05, 4.69) is 15.8 Å². The van der Waals surface area contributed by atoms with Gasteiger partial charge in [0.1, 0.15) is 5.69 Å². The molecule has 0 saturated carbocycles. The molecule has 124 valence electrons. The first-order valence-electron chi connectivity index (χ1n) is 7.34. The van der Waals surface area contributed by atoms with Crippen LogP contribution in [0.2, 0.25) is 0 Å². The van der Waals surface area contributed by atoms with Crippen LogP contribution in [0.5, 0.6) is 0 Å². The monoisotopic (exact) mass is 335 g/mol. The van der Waals surface area contributed by atoms with E-state index < -0.39 is 17.8 Å². The number of hydrazine groups is 1. The van der Waals surface area contributed by atoms with Gasteiger partial charge in [0.25, 0.3) is 11.8 Å². The van der Waals surface area contributed by atoms with Gasteiger partial charge < -0.3 is 5.11 Å². The third-order valence-electron chi connectivity index (χ3n) is 3.49. The van der Waals surface area contributed by atoms with Gasteiger partial charge in [-0.3, -0.25) is 20.4 Å². The Hall–Kier alpha value is -3.74. The van der Waals surface area contributed by atoms with Crippen molar-refractivity contribution in [1.82, 2.24) is 15.8 Å². The number of amides is 2. The fraction of sp³-hybridized carbons (Fsp3) is 0. The molecule has 1 heterocycles. The van der Waals surface area contributed by atoms with Gasteiger partial charge in [0, 0.05) is 10.9 Å². The van der Waals surface area contributed by atoms with Crippen LogP contribution >= 0.6 is 0 Å². The SMILES string of the molecule is O=C(O)c1cccc(C(=O)NNC(=O)c2ccc3ccccc3n2)c1. The number of rotatable bonds is 3. The highest BCUT2D eigenvalue weighted by Crippen LogP contribution is 2.11. The van der Waals surface area contributed by atoms with E-state index in [1.807, 2.05) is 18.2 Å². The first-order chi connectivity index (χ1) is 12.0. The molecule has 0 aliphatic heterocycles. The zero-order chi connectivity index (χ0) is 17.8. The van der Waals surface area contributed by atoms with Crippen LogP contribution in [0.15, 0.2) is 60.7 Å². The van der Waals surface area contributed by atoms with Crippen molar-refractivity contribution < 1.29 is 19.5 Å². The molecule has 2 aromatic carbocycles. The maximum absolute atomic E-state index is 12.1. The molecule has 0 saturated heterocycles. The fourth-order valence-electron chi connectivity index (χ4n) is 2.24. The minimum atomic E-state index is -1.14. The highest BCUT2D eigenvalue weighted by molar-refractivity contribution is 6.00. The lowest BCUT2D eigenvalue weighted by Crippen LogP contribution is -2.42. The van der Waals surface area contributed by atoms with Crippen LogP contribution in [0.3, 0.4) is 0 Å². The highest BCUT2D eigenvalue weighted by atomic mass is 16.4. The summed E-state index contributed by atoms with van der Waals surface area (Å²) in [6, 6.07) is 16.1. The number of aromatic nitrogens is 1. The summed E-state index contributed by atoms with van der Waals surface area (Å²) in [6.45, 7) is 0. The maximum atomic E-state index is 12.1. The lowest BCUT2D eigenvalue weighted by atomic mass is 10.1. The molecule has 0 bridgehead atoms. The number of aromatic carboxylic acids is 1. The van der Waals surface area contributed by atoms with Crippen molar-refractivity contribution >= 4 is 28.7 Å². The van der Waals surface area contributed by atoms with Crippen LogP contribution in [0.25, 0.3) is 10.9 Å². The smallest absolute Gasteiger partial charge is 0.335 e. The Morgan fingerprint density at radius 3 is 2.32 bits per heavy atom. The summed E-state index contributed by atoms with van der Waals surface area (Å²) < 4.78 is 0. The third kappa shape index (κ3) is 3.61. The Balaban J connectivity index is 1.69. The highest BCUT2D eigenvalue weighted by Gasteiger charge is 2.12. The van der Waals surface area contributed by atoms with E-state index in [1.165, 1.54) is 24.3 Å². The first kappa shape index (κ1) is 16.1. The standard InChI is InChI=1S/C18H13N3O4/c22-16(12-5-3-6-13(10-12)18(24)25)20-21-17(23)15-9-8-11-4-1-2-7-14(11)19-15/h1-10H,(H,20,22)(H,21,23)(H,24,25). The van der Waals surface area contributed by atoms with Crippen molar-refractivity contribution in [2.45, 2.75) is 0 Å². The van der Waals surface area contributed by atoms with Gasteiger partial charge in [-0.2, -0.15) is 0 Å². The summed E-state index contributed by atoms with van der Waals surface area (Å²) in [5.41, 5.74) is 5.41. The van der Waals surface area contributed by atoms with Crippen LogP contribution in [0, 0.1) is 0 Å². The second kappa shape index (κ2) is 6.79. The van der Waals surface area contributed by atoms with Gasteiger partial charge in [-0.1, -0.05) is 30.3 Å². The Labute approximate surface area is 142 Å². The molecule has 25 heavy (non-hydrogen) atoms. The van der Waals surface area contributed by atoms with Crippen LogP contribution < -0.4 is 10.9 Å². The molecule has 3 N–H and O–H groups in total. The van der Waals surface area contributed by atoms with Gasteiger partial charge in [0.2, 0.25) is 0 Å². The molecular weight excluding hydrogens is 322 g/mol. The zero-order valence-corrected chi connectivity index (χ0v) is 12.9. The Morgan fingerprint density at radius 2 is 1.52 bits per heavy atom. The van der Waals surface area contributed by atoms with Crippen molar-refractivity contribution in [2.24, 2.45) is 0 Å². The quantitative estimate of drug-likeness (QED) is 0.635. The number of carbonyl (C=O) groups excluding carboxylic acids is 2. The molecule has 2 amide bonds. The molecule has 7 heteroatoms. The molecule has 0 aliphatic rings. The van der Waals surface area contributed by atoms with Crippen LogP contribution in [-0.4, -0.2) is 27.9 Å². The zero-order valence-electron chi connectivity index (χ0n) is 12.9. The van der Waals surface area contributed by atoms with Gasteiger partial charge in [0.05, 0.1) is 11.1 Å². The molecule has 0 fully saturated rings. The largest absolute Gasteiger partial charge is 0.478 e. The van der Waals surface area contributed by atoms with Gasteiger partial charge in [-0.05, 0) is 30.3 Å². The van der Waals surface area contributed by atoms with E-state index in [-0.39, 0.29) is 16.8 Å². The summed E-state index contributed by atoms with van der Waals surface area (Å²) >= 11 is 0. The summed E-state index contributed by atoms with van der Waals surface area (Å²) in [4.78, 5) is 39.3. The summed E-state index contributed by atoms with van der Waals surface area (Å²) in [5, 5.41) is 9.83. The number of carboxylic acid groups (broad SMARTS) is 1. The van der Waals surface area contributed by atoms with Gasteiger partial charge in [-0.15, -0.1) is 0 Å². The molecule has 0 atom stereocenters. The second-order valence-corrected chi connectivity index (χ2v) is 5.18. The molecule has 1 aromatic heterocycles. The van der Waals surface area contributed by atoms with Crippen molar-refractivity contribution in [1.29, 1.82) is 0 Å². The third-order valence-corrected chi connectivity index (χ3v) is 3.49. The van der Waals surface area contributed by atoms with Crippen molar-refractivity contribution in [3.63, 3.8) is 0 Å². The lowest BCUT2D eigenvalue weighted by molar-refractivity contribution is 0.0696. The van der Waals surface area contributed by atoms with Gasteiger partial charge >= 0.3 is 5.97 Å². The number of carbonyl (C=O) groups is 3. The van der Waals surface area contributed by atoms with Gasteiger partial charge in [0.15, 0.2) is 0 Å². The van der Waals surface area contributed by atoms with Gasteiger partial charge in [-0.25, -0.2) is 9.78 Å². The summed E-state index contributed by atoms with van der Waals surface area (Å²) in [6.07, 6.45) is 0. The first-order valence-corrected chi connectivity index (χ1v) is 7.34. The molecule has 0 aliphatic carbocycles. The lowest BCUT2D eigenvalue weighted by Gasteiger charge is -2.08. The molecule has 3 rings (SSSR count). The molecule has 0 radical (unpaired) electrons. The van der Waals surface area contributed by atoms with Crippen molar-refractivity contribution in [3.8, 4) is 0 Å². The number of pyridine rings is 1. The number of hydrogen-bond donors (Lipinski definition) is 3. The van der Waals surface area contributed by atoms with Crippen LogP contribution in [0.1, 0.15) is 31.2 Å². The Kier molecular flexibility index (Phi) is 4.38. The normalized spacial score (nSPS) is 10.2. The number of para-hydroxylation sites is 1.